The Morgan fingerprint density at radius 3 is 2.58 bits per heavy atom. The summed E-state index contributed by atoms with van der Waals surface area (Å²) >= 11 is 7.03. The van der Waals surface area contributed by atoms with Crippen molar-refractivity contribution in [2.45, 2.75) is 6.54 Å². The number of hydrogen-bond donors (Lipinski definition) is 0. The van der Waals surface area contributed by atoms with E-state index in [1.165, 1.54) is 12.0 Å². The highest BCUT2D eigenvalue weighted by Crippen LogP contribution is 2.36. The average molecular weight is 390 g/mol. The van der Waals surface area contributed by atoms with Crippen LogP contribution >= 0.6 is 23.4 Å². The van der Waals surface area contributed by atoms with E-state index in [0.29, 0.717) is 27.0 Å². The molecule has 1 fully saturated rings. The fourth-order valence-electron chi connectivity index (χ4n) is 2.51. The lowest BCUT2D eigenvalue weighted by atomic mass is 10.1. The highest BCUT2D eigenvalue weighted by atomic mass is 35.5. The predicted octanol–water partition coefficient (Wildman–Crippen LogP) is 4.59. The monoisotopic (exact) mass is 389 g/mol. The van der Waals surface area contributed by atoms with Crippen LogP contribution in [0.25, 0.3) is 6.08 Å². The van der Waals surface area contributed by atoms with Gasteiger partial charge in [0.05, 0.1) is 25.7 Å². The van der Waals surface area contributed by atoms with E-state index in [1.54, 1.807) is 49.6 Å². The number of amides is 2. The molecule has 1 saturated heterocycles. The van der Waals surface area contributed by atoms with E-state index in [1.807, 2.05) is 6.07 Å². The third-order valence-corrected chi connectivity index (χ3v) is 5.16. The summed E-state index contributed by atoms with van der Waals surface area (Å²) in [6.07, 6.45) is 1.65. The van der Waals surface area contributed by atoms with Crippen LogP contribution in [-0.4, -0.2) is 30.3 Å². The van der Waals surface area contributed by atoms with Crippen molar-refractivity contribution in [3.8, 4) is 11.5 Å². The number of halogens is 1. The molecule has 2 aromatic carbocycles. The first-order valence-electron chi connectivity index (χ1n) is 7.74. The van der Waals surface area contributed by atoms with Crippen LogP contribution in [0, 0.1) is 0 Å². The summed E-state index contributed by atoms with van der Waals surface area (Å²) in [5, 5.41) is 0.195. The van der Waals surface area contributed by atoms with Gasteiger partial charge in [-0.2, -0.15) is 0 Å². The topological polar surface area (TPSA) is 55.8 Å². The molecular formula is C19H16ClNO4S. The third-order valence-electron chi connectivity index (χ3n) is 3.89. The van der Waals surface area contributed by atoms with Crippen LogP contribution in [0.2, 0.25) is 5.02 Å². The lowest BCUT2D eigenvalue weighted by Gasteiger charge is -2.13. The van der Waals surface area contributed by atoms with Crippen LogP contribution < -0.4 is 9.47 Å². The second-order valence-corrected chi connectivity index (χ2v) is 6.87. The van der Waals surface area contributed by atoms with Gasteiger partial charge in [-0.15, -0.1) is 0 Å². The molecule has 2 amide bonds. The Morgan fingerprint density at radius 1 is 1.12 bits per heavy atom. The number of methoxy groups -OCH3 is 2. The van der Waals surface area contributed by atoms with Crippen molar-refractivity contribution < 1.29 is 19.1 Å². The smallest absolute Gasteiger partial charge is 0.293 e. The average Bonchev–Trinajstić information content (AvgIpc) is 2.91. The summed E-state index contributed by atoms with van der Waals surface area (Å²) < 4.78 is 10.5. The van der Waals surface area contributed by atoms with Gasteiger partial charge in [-0.25, -0.2) is 0 Å². The molecule has 134 valence electrons. The number of ether oxygens (including phenoxy) is 2. The molecule has 3 rings (SSSR count). The van der Waals surface area contributed by atoms with E-state index < -0.39 is 0 Å². The van der Waals surface area contributed by atoms with Crippen LogP contribution in [0.4, 0.5) is 4.79 Å². The highest BCUT2D eigenvalue weighted by molar-refractivity contribution is 8.18. The number of thioether (sulfide) groups is 1. The van der Waals surface area contributed by atoms with Crippen LogP contribution in [-0.2, 0) is 11.3 Å². The Hall–Kier alpha value is -2.44. The van der Waals surface area contributed by atoms with Gasteiger partial charge in [0.1, 0.15) is 11.5 Å². The zero-order valence-electron chi connectivity index (χ0n) is 14.2. The summed E-state index contributed by atoms with van der Waals surface area (Å²) in [6, 6.07) is 12.4. The predicted molar refractivity (Wildman–Crippen MR) is 103 cm³/mol. The highest BCUT2D eigenvalue weighted by Gasteiger charge is 2.35. The first kappa shape index (κ1) is 18.4. The quantitative estimate of drug-likeness (QED) is 0.700. The van der Waals surface area contributed by atoms with Crippen molar-refractivity contribution in [3.63, 3.8) is 0 Å². The van der Waals surface area contributed by atoms with E-state index in [-0.39, 0.29) is 17.7 Å². The SMILES string of the molecule is COc1ccc(/C=C2\SC(=O)N(Cc3ccccc3Cl)C2=O)c(OC)c1. The first-order valence-corrected chi connectivity index (χ1v) is 8.93. The summed E-state index contributed by atoms with van der Waals surface area (Å²) in [5.41, 5.74) is 1.41. The molecule has 0 aliphatic carbocycles. The minimum absolute atomic E-state index is 0.140. The van der Waals surface area contributed by atoms with Gasteiger partial charge in [0, 0.05) is 16.7 Å². The molecule has 7 heteroatoms. The number of rotatable bonds is 5. The number of benzene rings is 2. The van der Waals surface area contributed by atoms with Gasteiger partial charge in [0.2, 0.25) is 0 Å². The normalized spacial score (nSPS) is 15.7. The third kappa shape index (κ3) is 3.71. The molecule has 0 atom stereocenters. The van der Waals surface area contributed by atoms with Crippen LogP contribution in [0.5, 0.6) is 11.5 Å². The van der Waals surface area contributed by atoms with Gasteiger partial charge in [0.25, 0.3) is 11.1 Å². The zero-order chi connectivity index (χ0) is 18.7. The second-order valence-electron chi connectivity index (χ2n) is 5.47. The van der Waals surface area contributed by atoms with Gasteiger partial charge >= 0.3 is 0 Å². The Bertz CT molecular complexity index is 897. The van der Waals surface area contributed by atoms with Crippen molar-refractivity contribution in [2.24, 2.45) is 0 Å². The van der Waals surface area contributed by atoms with Crippen LogP contribution in [0.3, 0.4) is 0 Å². The van der Waals surface area contributed by atoms with Gasteiger partial charge in [-0.3, -0.25) is 14.5 Å². The van der Waals surface area contributed by atoms with Crippen molar-refractivity contribution in [2.75, 3.05) is 14.2 Å². The van der Waals surface area contributed by atoms with Gasteiger partial charge in [-0.1, -0.05) is 29.8 Å². The van der Waals surface area contributed by atoms with Crippen molar-refractivity contribution in [1.82, 2.24) is 4.90 Å². The Kier molecular flexibility index (Phi) is 5.54. The first-order chi connectivity index (χ1) is 12.5. The second kappa shape index (κ2) is 7.85. The zero-order valence-corrected chi connectivity index (χ0v) is 15.8. The standard InChI is InChI=1S/C19H16ClNO4S/c1-24-14-8-7-12(16(10-14)25-2)9-17-18(22)21(19(23)26-17)11-13-5-3-4-6-15(13)20/h3-10H,11H2,1-2H3/b17-9-. The summed E-state index contributed by atoms with van der Waals surface area (Å²) in [4.78, 5) is 26.5. The molecule has 1 heterocycles. The molecule has 0 unspecified atom stereocenters. The summed E-state index contributed by atoms with van der Waals surface area (Å²) in [6.45, 7) is 0.140. The van der Waals surface area contributed by atoms with E-state index in [0.717, 1.165) is 17.3 Å². The number of nitrogens with zero attached hydrogens (tertiary/aromatic N) is 1. The molecular weight excluding hydrogens is 374 g/mol. The fourth-order valence-corrected chi connectivity index (χ4v) is 3.54. The lowest BCUT2D eigenvalue weighted by molar-refractivity contribution is -0.123. The molecule has 26 heavy (non-hydrogen) atoms. The van der Waals surface area contributed by atoms with E-state index in [4.69, 9.17) is 21.1 Å². The van der Waals surface area contributed by atoms with Gasteiger partial charge in [0.15, 0.2) is 0 Å². The van der Waals surface area contributed by atoms with E-state index in [2.05, 4.69) is 0 Å². The fraction of sp³-hybridized carbons (Fsp3) is 0.158. The molecule has 0 radical (unpaired) electrons. The molecule has 1 aliphatic heterocycles. The van der Waals surface area contributed by atoms with Gasteiger partial charge < -0.3 is 9.47 Å². The molecule has 0 saturated carbocycles. The molecule has 5 nitrogen and oxygen atoms in total. The molecule has 0 bridgehead atoms. The number of hydrogen-bond acceptors (Lipinski definition) is 5. The Balaban J connectivity index is 1.87. The van der Waals surface area contributed by atoms with E-state index in [9.17, 15) is 9.59 Å². The number of imide groups is 1. The van der Waals surface area contributed by atoms with E-state index >= 15 is 0 Å². The maximum absolute atomic E-state index is 12.7. The maximum Gasteiger partial charge on any atom is 0.293 e. The molecule has 0 spiro atoms. The Labute approximate surface area is 160 Å². The molecule has 0 aromatic heterocycles. The van der Waals surface area contributed by atoms with Crippen molar-refractivity contribution in [1.29, 1.82) is 0 Å². The summed E-state index contributed by atoms with van der Waals surface area (Å²) in [7, 11) is 3.10. The molecule has 2 aromatic rings. The Morgan fingerprint density at radius 2 is 1.88 bits per heavy atom. The van der Waals surface area contributed by atoms with Crippen LogP contribution in [0.1, 0.15) is 11.1 Å². The van der Waals surface area contributed by atoms with Crippen molar-refractivity contribution in [3.05, 3.63) is 63.5 Å². The minimum atomic E-state index is -0.349. The number of carbonyl (C=O) groups is 2. The summed E-state index contributed by atoms with van der Waals surface area (Å²) in [5.74, 6) is 0.853. The van der Waals surface area contributed by atoms with Crippen LogP contribution in [0.15, 0.2) is 47.4 Å². The number of carbonyl (C=O) groups excluding carboxylic acids is 2. The minimum Gasteiger partial charge on any atom is -0.497 e. The van der Waals surface area contributed by atoms with Crippen molar-refractivity contribution >= 4 is 40.6 Å². The molecule has 0 N–H and O–H groups in total. The maximum atomic E-state index is 12.7. The van der Waals surface area contributed by atoms with Gasteiger partial charge in [-0.05, 0) is 41.6 Å². The molecule has 1 aliphatic rings. The lowest BCUT2D eigenvalue weighted by Crippen LogP contribution is -2.27. The largest absolute Gasteiger partial charge is 0.497 e.